The van der Waals surface area contributed by atoms with Gasteiger partial charge in [-0.05, 0) is 73.3 Å². The Kier molecular flexibility index (Phi) is 3.39. The molecule has 1 aliphatic heterocycles. The van der Waals surface area contributed by atoms with E-state index in [0.717, 1.165) is 11.6 Å². The fourth-order valence-electron chi connectivity index (χ4n) is 4.44. The number of nitrogens with zero attached hydrogens (tertiary/aromatic N) is 1. The number of phenolic OH excluding ortho intramolecular Hbond substituents is 1. The van der Waals surface area contributed by atoms with Gasteiger partial charge in [-0.15, -0.1) is 0 Å². The van der Waals surface area contributed by atoms with Crippen LogP contribution in [0, 0.1) is 5.92 Å². The van der Waals surface area contributed by atoms with Gasteiger partial charge in [0.15, 0.2) is 0 Å². The van der Waals surface area contributed by atoms with E-state index in [9.17, 15) is 5.11 Å². The summed E-state index contributed by atoms with van der Waals surface area (Å²) in [5.74, 6) is 1.33. The summed E-state index contributed by atoms with van der Waals surface area (Å²) >= 11 is 6.27. The summed E-state index contributed by atoms with van der Waals surface area (Å²) in [6, 6.07) is 14.5. The zero-order chi connectivity index (χ0) is 15.3. The fourth-order valence-corrected chi connectivity index (χ4v) is 4.62. The van der Waals surface area contributed by atoms with E-state index in [1.54, 1.807) is 12.1 Å². The van der Waals surface area contributed by atoms with Crippen molar-refractivity contribution in [3.63, 3.8) is 0 Å². The van der Waals surface area contributed by atoms with Crippen molar-refractivity contribution >= 4 is 11.6 Å². The Balaban J connectivity index is 1.86. The molecular formula is C19H20ClNO. The van der Waals surface area contributed by atoms with E-state index >= 15 is 0 Å². The number of likely N-dealkylation sites (tertiary alicyclic amines) is 1. The van der Waals surface area contributed by atoms with Crippen LogP contribution in [0.2, 0.25) is 5.02 Å². The van der Waals surface area contributed by atoms with Crippen molar-refractivity contribution < 1.29 is 5.11 Å². The van der Waals surface area contributed by atoms with Crippen LogP contribution in [0.3, 0.4) is 0 Å². The second kappa shape index (κ2) is 5.29. The first-order valence-corrected chi connectivity index (χ1v) is 8.31. The van der Waals surface area contributed by atoms with Gasteiger partial charge >= 0.3 is 0 Å². The molecule has 1 fully saturated rings. The van der Waals surface area contributed by atoms with Crippen molar-refractivity contribution in [2.24, 2.45) is 5.92 Å². The third-order valence-electron chi connectivity index (χ3n) is 5.31. The normalized spacial score (nSPS) is 27.5. The SMILES string of the molecule is CN1CCCC2C(c3ccc(O)cc3)c3ccc(Cl)cc3C21. The molecule has 3 heteroatoms. The van der Waals surface area contributed by atoms with Gasteiger partial charge in [-0.25, -0.2) is 0 Å². The van der Waals surface area contributed by atoms with Crippen LogP contribution in [0.4, 0.5) is 0 Å². The van der Waals surface area contributed by atoms with E-state index in [1.165, 1.54) is 29.5 Å². The summed E-state index contributed by atoms with van der Waals surface area (Å²) in [6.07, 6.45) is 2.49. The van der Waals surface area contributed by atoms with Crippen LogP contribution in [0.15, 0.2) is 42.5 Å². The van der Waals surface area contributed by atoms with E-state index in [0.29, 0.717) is 23.6 Å². The van der Waals surface area contributed by atoms with Gasteiger partial charge in [-0.2, -0.15) is 0 Å². The van der Waals surface area contributed by atoms with E-state index in [1.807, 2.05) is 6.07 Å². The van der Waals surface area contributed by atoms with Crippen molar-refractivity contribution in [3.8, 4) is 5.75 Å². The molecule has 0 amide bonds. The summed E-state index contributed by atoms with van der Waals surface area (Å²) < 4.78 is 0. The number of piperidine rings is 1. The Morgan fingerprint density at radius 1 is 1.09 bits per heavy atom. The molecule has 2 aliphatic rings. The topological polar surface area (TPSA) is 23.5 Å². The molecule has 1 N–H and O–H groups in total. The highest BCUT2D eigenvalue weighted by atomic mass is 35.5. The minimum atomic E-state index is 0.329. The van der Waals surface area contributed by atoms with Crippen molar-refractivity contribution in [3.05, 3.63) is 64.2 Å². The maximum Gasteiger partial charge on any atom is 0.115 e. The zero-order valence-corrected chi connectivity index (χ0v) is 13.4. The molecule has 114 valence electrons. The highest BCUT2D eigenvalue weighted by Gasteiger charge is 2.44. The summed E-state index contributed by atoms with van der Waals surface area (Å²) in [6.45, 7) is 1.15. The lowest BCUT2D eigenvalue weighted by atomic mass is 9.80. The van der Waals surface area contributed by atoms with Crippen molar-refractivity contribution in [1.82, 2.24) is 4.90 Å². The molecule has 1 aliphatic carbocycles. The van der Waals surface area contributed by atoms with Gasteiger partial charge in [-0.3, -0.25) is 4.90 Å². The molecule has 0 aromatic heterocycles. The average molecular weight is 314 g/mol. The largest absolute Gasteiger partial charge is 0.508 e. The predicted molar refractivity (Wildman–Crippen MR) is 89.5 cm³/mol. The molecule has 0 saturated carbocycles. The number of fused-ring (bicyclic) bond motifs is 3. The van der Waals surface area contributed by atoms with Crippen LogP contribution in [0.25, 0.3) is 0 Å². The standard InChI is InChI=1S/C19H20ClNO/c1-21-10-2-3-16-18(12-4-7-14(22)8-5-12)15-9-6-13(20)11-17(15)19(16)21/h4-9,11,16,18-19,22H,2-3,10H2,1H3. The van der Waals surface area contributed by atoms with Crippen LogP contribution in [-0.2, 0) is 0 Å². The van der Waals surface area contributed by atoms with Gasteiger partial charge in [0, 0.05) is 17.0 Å². The summed E-state index contributed by atoms with van der Waals surface area (Å²) in [7, 11) is 2.22. The Bertz CT molecular complexity index is 697. The monoisotopic (exact) mass is 313 g/mol. The van der Waals surface area contributed by atoms with Crippen LogP contribution in [0.1, 0.15) is 41.5 Å². The van der Waals surface area contributed by atoms with E-state index in [-0.39, 0.29) is 0 Å². The number of hydrogen-bond acceptors (Lipinski definition) is 2. The number of halogens is 1. The first kappa shape index (κ1) is 14.1. The van der Waals surface area contributed by atoms with Crippen molar-refractivity contribution in [2.45, 2.75) is 24.8 Å². The van der Waals surface area contributed by atoms with Gasteiger partial charge in [0.2, 0.25) is 0 Å². The Morgan fingerprint density at radius 3 is 2.64 bits per heavy atom. The minimum Gasteiger partial charge on any atom is -0.508 e. The zero-order valence-electron chi connectivity index (χ0n) is 12.7. The molecule has 0 radical (unpaired) electrons. The average Bonchev–Trinajstić information content (AvgIpc) is 2.83. The molecule has 0 spiro atoms. The highest BCUT2D eigenvalue weighted by Crippen LogP contribution is 2.54. The maximum atomic E-state index is 9.58. The van der Waals surface area contributed by atoms with Crippen LogP contribution < -0.4 is 0 Å². The third-order valence-corrected chi connectivity index (χ3v) is 5.55. The molecule has 3 atom stereocenters. The third kappa shape index (κ3) is 2.13. The number of benzene rings is 2. The van der Waals surface area contributed by atoms with Gasteiger partial charge in [-0.1, -0.05) is 29.8 Å². The minimum absolute atomic E-state index is 0.329. The molecule has 2 aromatic rings. The first-order valence-electron chi connectivity index (χ1n) is 7.93. The van der Waals surface area contributed by atoms with Gasteiger partial charge in [0.1, 0.15) is 5.75 Å². The summed E-state index contributed by atoms with van der Waals surface area (Å²) in [5.41, 5.74) is 4.08. The number of phenols is 1. The second-order valence-electron chi connectivity index (χ2n) is 6.57. The van der Waals surface area contributed by atoms with Gasteiger partial charge in [0.05, 0.1) is 0 Å². The second-order valence-corrected chi connectivity index (χ2v) is 7.01. The Labute approximate surface area is 136 Å². The highest BCUT2D eigenvalue weighted by molar-refractivity contribution is 6.30. The molecule has 3 unspecified atom stereocenters. The van der Waals surface area contributed by atoms with Gasteiger partial charge < -0.3 is 5.11 Å². The van der Waals surface area contributed by atoms with Crippen LogP contribution >= 0.6 is 11.6 Å². The lowest BCUT2D eigenvalue weighted by molar-refractivity contribution is 0.127. The van der Waals surface area contributed by atoms with E-state index in [4.69, 9.17) is 11.6 Å². The molecular weight excluding hydrogens is 294 g/mol. The predicted octanol–water partition coefficient (Wildman–Crippen LogP) is 4.57. The van der Waals surface area contributed by atoms with Crippen LogP contribution in [-0.4, -0.2) is 23.6 Å². The van der Waals surface area contributed by atoms with E-state index < -0.39 is 0 Å². The lowest BCUT2D eigenvalue weighted by Crippen LogP contribution is -2.34. The van der Waals surface area contributed by atoms with Crippen LogP contribution in [0.5, 0.6) is 5.75 Å². The number of rotatable bonds is 1. The summed E-state index contributed by atoms with van der Waals surface area (Å²) in [4.78, 5) is 2.48. The number of aromatic hydroxyl groups is 1. The molecule has 0 bridgehead atoms. The fraction of sp³-hybridized carbons (Fsp3) is 0.368. The molecule has 22 heavy (non-hydrogen) atoms. The van der Waals surface area contributed by atoms with Crippen molar-refractivity contribution in [1.29, 1.82) is 0 Å². The maximum absolute atomic E-state index is 9.58. The van der Waals surface area contributed by atoms with Crippen molar-refractivity contribution in [2.75, 3.05) is 13.6 Å². The number of hydrogen-bond donors (Lipinski definition) is 1. The molecule has 4 rings (SSSR count). The summed E-state index contributed by atoms with van der Waals surface area (Å²) in [5, 5.41) is 10.4. The van der Waals surface area contributed by atoms with E-state index in [2.05, 4.69) is 36.2 Å². The quantitative estimate of drug-likeness (QED) is 0.833. The lowest BCUT2D eigenvalue weighted by Gasteiger charge is -2.37. The molecule has 1 saturated heterocycles. The molecule has 1 heterocycles. The first-order chi connectivity index (χ1) is 10.6. The Hall–Kier alpha value is -1.51. The van der Waals surface area contributed by atoms with Gasteiger partial charge in [0.25, 0.3) is 0 Å². The molecule has 2 aromatic carbocycles. The smallest absolute Gasteiger partial charge is 0.115 e. The Morgan fingerprint density at radius 2 is 1.86 bits per heavy atom. The molecule has 2 nitrogen and oxygen atoms in total.